The minimum Gasteiger partial charge on any atom is -0.507 e. The summed E-state index contributed by atoms with van der Waals surface area (Å²) in [5.74, 6) is -1.67. The summed E-state index contributed by atoms with van der Waals surface area (Å²) in [4.78, 5) is 23.6. The van der Waals surface area contributed by atoms with Gasteiger partial charge in [-0.15, -0.1) is 0 Å². The zero-order valence-corrected chi connectivity index (χ0v) is 13.7. The van der Waals surface area contributed by atoms with Gasteiger partial charge in [-0.05, 0) is 24.3 Å². The van der Waals surface area contributed by atoms with Crippen molar-refractivity contribution >= 4 is 52.4 Å². The predicted molar refractivity (Wildman–Crippen MR) is 88.5 cm³/mol. The highest BCUT2D eigenvalue weighted by atomic mass is 35.5. The maximum atomic E-state index is 11.8. The third-order valence-corrected chi connectivity index (χ3v) is 3.78. The molecule has 0 spiro atoms. The summed E-state index contributed by atoms with van der Waals surface area (Å²) in [5, 5.41) is 12.6. The second kappa shape index (κ2) is 7.55. The van der Waals surface area contributed by atoms with Gasteiger partial charge in [0.05, 0.1) is 20.8 Å². The van der Waals surface area contributed by atoms with Gasteiger partial charge >= 0.3 is 5.97 Å². The van der Waals surface area contributed by atoms with Crippen LogP contribution >= 0.6 is 34.8 Å². The molecule has 0 aliphatic heterocycles. The molecule has 0 fully saturated rings. The molecule has 1 amide bonds. The lowest BCUT2D eigenvalue weighted by Crippen LogP contribution is -2.21. The van der Waals surface area contributed by atoms with E-state index in [4.69, 9.17) is 39.5 Å². The molecule has 0 bridgehead atoms. The molecule has 2 rings (SSSR count). The Balaban J connectivity index is 1.97. The maximum Gasteiger partial charge on any atom is 0.342 e. The van der Waals surface area contributed by atoms with E-state index in [2.05, 4.69) is 5.32 Å². The number of hydrogen-bond donors (Lipinski definition) is 2. The van der Waals surface area contributed by atoms with Crippen LogP contribution in [0.1, 0.15) is 10.4 Å². The van der Waals surface area contributed by atoms with E-state index < -0.39 is 18.5 Å². The van der Waals surface area contributed by atoms with Crippen LogP contribution in [0.25, 0.3) is 0 Å². The van der Waals surface area contributed by atoms with Gasteiger partial charge in [0.25, 0.3) is 5.91 Å². The van der Waals surface area contributed by atoms with E-state index in [1.807, 2.05) is 0 Å². The van der Waals surface area contributed by atoms with Gasteiger partial charge in [0.1, 0.15) is 11.3 Å². The molecule has 23 heavy (non-hydrogen) atoms. The van der Waals surface area contributed by atoms with Crippen LogP contribution in [-0.4, -0.2) is 23.6 Å². The van der Waals surface area contributed by atoms with Crippen molar-refractivity contribution in [2.75, 3.05) is 11.9 Å². The van der Waals surface area contributed by atoms with Gasteiger partial charge in [-0.1, -0.05) is 46.9 Å². The summed E-state index contributed by atoms with van der Waals surface area (Å²) in [6.45, 7) is -0.552. The number of esters is 1. The fourth-order valence-electron chi connectivity index (χ4n) is 1.66. The van der Waals surface area contributed by atoms with Crippen molar-refractivity contribution in [1.29, 1.82) is 0 Å². The Hall–Kier alpha value is -1.95. The SMILES string of the molecule is O=C(COC(=O)c1ccccc1O)Nc1cc(Cl)c(Cl)cc1Cl. The first kappa shape index (κ1) is 17.4. The molecule has 0 aromatic heterocycles. The van der Waals surface area contributed by atoms with Gasteiger partial charge in [-0.25, -0.2) is 4.79 Å². The van der Waals surface area contributed by atoms with E-state index in [0.29, 0.717) is 0 Å². The molecule has 2 N–H and O–H groups in total. The second-order valence-corrected chi connectivity index (χ2v) is 5.61. The molecule has 5 nitrogen and oxygen atoms in total. The molecule has 0 saturated heterocycles. The van der Waals surface area contributed by atoms with E-state index in [0.717, 1.165) is 0 Å². The average Bonchev–Trinajstić information content (AvgIpc) is 2.51. The monoisotopic (exact) mass is 373 g/mol. The summed E-state index contributed by atoms with van der Waals surface area (Å²) in [6, 6.07) is 8.61. The number of rotatable bonds is 4. The summed E-state index contributed by atoms with van der Waals surface area (Å²) >= 11 is 17.6. The molecule has 0 atom stereocenters. The minimum absolute atomic E-state index is 0.0344. The molecule has 0 aliphatic rings. The van der Waals surface area contributed by atoms with Crippen LogP contribution in [0.3, 0.4) is 0 Å². The van der Waals surface area contributed by atoms with Crippen LogP contribution in [0.15, 0.2) is 36.4 Å². The Labute approximate surface area is 146 Å². The number of hydrogen-bond acceptors (Lipinski definition) is 4. The molecule has 8 heteroatoms. The Bertz CT molecular complexity index is 764. The second-order valence-electron chi connectivity index (χ2n) is 4.39. The number of halogens is 3. The number of carbonyl (C=O) groups excluding carboxylic acids is 2. The van der Waals surface area contributed by atoms with Crippen molar-refractivity contribution in [1.82, 2.24) is 0 Å². The molecule has 0 radical (unpaired) electrons. The number of carbonyl (C=O) groups is 2. The first-order valence-corrected chi connectivity index (χ1v) is 7.41. The van der Waals surface area contributed by atoms with Crippen molar-refractivity contribution < 1.29 is 19.4 Å². The van der Waals surface area contributed by atoms with E-state index in [9.17, 15) is 14.7 Å². The minimum atomic E-state index is -0.821. The number of phenolic OH excluding ortho intramolecular Hbond substituents is 1. The molecule has 0 saturated carbocycles. The molecule has 0 unspecified atom stereocenters. The van der Waals surface area contributed by atoms with E-state index in [1.165, 1.54) is 24.3 Å². The number of amides is 1. The van der Waals surface area contributed by atoms with Crippen LogP contribution in [0.2, 0.25) is 15.1 Å². The summed E-state index contributed by atoms with van der Waals surface area (Å²) < 4.78 is 4.82. The molecule has 120 valence electrons. The fourth-order valence-corrected chi connectivity index (χ4v) is 2.25. The molecule has 0 heterocycles. The number of aromatic hydroxyl groups is 1. The molecular formula is C15H10Cl3NO4. The van der Waals surface area contributed by atoms with Crippen LogP contribution in [-0.2, 0) is 9.53 Å². The predicted octanol–water partition coefficient (Wildman–Crippen LogP) is 4.15. The van der Waals surface area contributed by atoms with Crippen molar-refractivity contribution in [2.45, 2.75) is 0 Å². The largest absolute Gasteiger partial charge is 0.507 e. The fraction of sp³-hybridized carbons (Fsp3) is 0.0667. The zero-order chi connectivity index (χ0) is 17.0. The summed E-state index contributed by atoms with van der Waals surface area (Å²) in [7, 11) is 0. The van der Waals surface area contributed by atoms with Crippen molar-refractivity contribution in [3.05, 3.63) is 57.0 Å². The Morgan fingerprint density at radius 2 is 1.70 bits per heavy atom. The normalized spacial score (nSPS) is 10.2. The number of nitrogens with one attached hydrogen (secondary N) is 1. The number of phenols is 1. The number of benzene rings is 2. The number of ether oxygens (including phenoxy) is 1. The highest BCUT2D eigenvalue weighted by Crippen LogP contribution is 2.32. The van der Waals surface area contributed by atoms with Crippen LogP contribution in [0.5, 0.6) is 5.75 Å². The molecule has 0 aliphatic carbocycles. The van der Waals surface area contributed by atoms with Gasteiger partial charge in [0, 0.05) is 0 Å². The molecular weight excluding hydrogens is 365 g/mol. The third kappa shape index (κ3) is 4.51. The lowest BCUT2D eigenvalue weighted by Gasteiger charge is -2.09. The molecule has 2 aromatic carbocycles. The van der Waals surface area contributed by atoms with Gasteiger partial charge in [-0.2, -0.15) is 0 Å². The van der Waals surface area contributed by atoms with Gasteiger partial charge in [0.15, 0.2) is 6.61 Å². The third-order valence-electron chi connectivity index (χ3n) is 2.74. The van der Waals surface area contributed by atoms with Crippen molar-refractivity contribution in [2.24, 2.45) is 0 Å². The number of anilines is 1. The lowest BCUT2D eigenvalue weighted by molar-refractivity contribution is -0.119. The quantitative estimate of drug-likeness (QED) is 0.623. The van der Waals surface area contributed by atoms with Gasteiger partial charge in [-0.3, -0.25) is 4.79 Å². The Morgan fingerprint density at radius 3 is 2.39 bits per heavy atom. The van der Waals surface area contributed by atoms with Gasteiger partial charge in [0.2, 0.25) is 0 Å². The van der Waals surface area contributed by atoms with E-state index in [1.54, 1.807) is 12.1 Å². The zero-order valence-electron chi connectivity index (χ0n) is 11.5. The first-order valence-electron chi connectivity index (χ1n) is 6.28. The average molecular weight is 375 g/mol. The molecule has 2 aromatic rings. The summed E-state index contributed by atoms with van der Waals surface area (Å²) in [6.07, 6.45) is 0. The van der Waals surface area contributed by atoms with Gasteiger partial charge < -0.3 is 15.2 Å². The highest BCUT2D eigenvalue weighted by Gasteiger charge is 2.15. The standard InChI is InChI=1S/C15H10Cl3NO4/c16-9-5-11(18)12(6-10(9)17)19-14(21)7-23-15(22)8-3-1-2-4-13(8)20/h1-6,20H,7H2,(H,19,21). The topological polar surface area (TPSA) is 75.6 Å². The number of para-hydroxylation sites is 1. The van der Waals surface area contributed by atoms with E-state index in [-0.39, 0.29) is 32.1 Å². The van der Waals surface area contributed by atoms with Crippen molar-refractivity contribution in [3.63, 3.8) is 0 Å². The first-order chi connectivity index (χ1) is 10.9. The maximum absolute atomic E-state index is 11.8. The highest BCUT2D eigenvalue weighted by molar-refractivity contribution is 6.44. The van der Waals surface area contributed by atoms with Crippen LogP contribution < -0.4 is 5.32 Å². The van der Waals surface area contributed by atoms with E-state index >= 15 is 0 Å². The Morgan fingerprint density at radius 1 is 1.04 bits per heavy atom. The smallest absolute Gasteiger partial charge is 0.342 e. The lowest BCUT2D eigenvalue weighted by atomic mass is 10.2. The summed E-state index contributed by atoms with van der Waals surface area (Å²) in [5.41, 5.74) is 0.206. The van der Waals surface area contributed by atoms with Crippen molar-refractivity contribution in [3.8, 4) is 5.75 Å². The van der Waals surface area contributed by atoms with Crippen LogP contribution in [0.4, 0.5) is 5.69 Å². The Kier molecular flexibility index (Phi) is 5.71. The van der Waals surface area contributed by atoms with Crippen LogP contribution in [0, 0.1) is 0 Å².